The molecule has 92 heavy (non-hydrogen) atoms. The molecule has 3 aromatic carbocycles. The van der Waals surface area contributed by atoms with E-state index in [1.807, 2.05) is 18.2 Å². The molecule has 1 aliphatic heterocycles. The van der Waals surface area contributed by atoms with Gasteiger partial charge in [0.2, 0.25) is 0 Å². The predicted molar refractivity (Wildman–Crippen MR) is 335 cm³/mol. The van der Waals surface area contributed by atoms with E-state index in [1.54, 1.807) is 64.1 Å². The standard InChI is InChI=1S/C40H40N2O12S2.C28H38O8/c1-6-32(44)50-22-40(3,4)23-51-34(46)18-17-33(45)49-20-19-25-7-13-28(14-8-25)53-37(47)26-9-11-27(12-10-26)38(48)54-31-16-15-30(52-24(2)43)35-36(31)56-39(55-35)29(21-41)42-5;1-5-24(29)34-18-28(3,4)19-35-26(31)15-14-25(30)33-17-16-21-8-12-23(13-9-21)36-27(32)22-10-6-20(2)7-11-22/h6-8,13-16,26-27H,1,9-12,17-20,22-23H2,2-4H3;5,8-9,12-13,20,22H,1,6-7,10-11,14-19H2,2-4H3/b39-29-;. The number of thioether (sulfide) groups is 2. The second-order valence-electron chi connectivity index (χ2n) is 23.6. The minimum atomic E-state index is -0.608. The third-order valence-electron chi connectivity index (χ3n) is 14.5. The summed E-state index contributed by atoms with van der Waals surface area (Å²) in [6.45, 7) is 25.0. The first-order valence-corrected chi connectivity index (χ1v) is 31.7. The summed E-state index contributed by atoms with van der Waals surface area (Å²) in [6, 6.07) is 18.8. The first-order chi connectivity index (χ1) is 43.8. The van der Waals surface area contributed by atoms with Crippen LogP contribution in [0.3, 0.4) is 0 Å². The molecule has 0 N–H and O–H groups in total. The predicted octanol–water partition coefficient (Wildman–Crippen LogP) is 11.5. The number of hydrogen-bond donors (Lipinski definition) is 0. The molecular weight excluding hydrogens is 1230 g/mol. The smallest absolute Gasteiger partial charge is 0.330 e. The van der Waals surface area contributed by atoms with Gasteiger partial charge in [0.05, 0.1) is 110 Å². The van der Waals surface area contributed by atoms with Crippen LogP contribution in [0.2, 0.25) is 0 Å². The van der Waals surface area contributed by atoms with Crippen molar-refractivity contribution >= 4 is 83.2 Å². The van der Waals surface area contributed by atoms with E-state index in [4.69, 9.17) is 53.9 Å². The van der Waals surface area contributed by atoms with E-state index in [9.17, 15) is 53.2 Å². The largest absolute Gasteiger partial charge is 0.465 e. The fourth-order valence-corrected chi connectivity index (χ4v) is 11.6. The Balaban J connectivity index is 0.000000368. The molecule has 2 aliphatic carbocycles. The Kier molecular flexibility index (Phi) is 29.7. The van der Waals surface area contributed by atoms with E-state index in [-0.39, 0.29) is 94.4 Å². The van der Waals surface area contributed by atoms with Gasteiger partial charge >= 0.3 is 59.7 Å². The summed E-state index contributed by atoms with van der Waals surface area (Å²) in [5.74, 6) is -3.73. The molecule has 0 radical (unpaired) electrons. The van der Waals surface area contributed by atoms with Crippen LogP contribution in [0.25, 0.3) is 4.85 Å². The molecule has 2 fully saturated rings. The highest BCUT2D eigenvalue weighted by atomic mass is 32.2. The van der Waals surface area contributed by atoms with Crippen molar-refractivity contribution in [3.05, 3.63) is 118 Å². The van der Waals surface area contributed by atoms with Crippen LogP contribution < -0.4 is 18.9 Å². The van der Waals surface area contributed by atoms with E-state index < -0.39 is 76.4 Å². The van der Waals surface area contributed by atoms with Crippen molar-refractivity contribution in [1.82, 2.24) is 0 Å². The number of rotatable bonds is 29. The van der Waals surface area contributed by atoms with Gasteiger partial charge in [-0.2, -0.15) is 0 Å². The number of allylic oxidation sites excluding steroid dienone is 1. The number of carbonyl (C=O) groups excluding carboxylic acids is 10. The molecule has 3 aliphatic rings. The average molecular weight is 1310 g/mol. The first kappa shape index (κ1) is 74.0. The number of ether oxygens (including phenoxy) is 10. The van der Waals surface area contributed by atoms with Gasteiger partial charge in [0.25, 0.3) is 5.70 Å². The number of nitriles is 1. The van der Waals surface area contributed by atoms with Crippen molar-refractivity contribution in [2.24, 2.45) is 34.5 Å². The molecule has 6 rings (SSSR count). The summed E-state index contributed by atoms with van der Waals surface area (Å²) >= 11 is 2.20. The van der Waals surface area contributed by atoms with Crippen molar-refractivity contribution < 1.29 is 95.3 Å². The Morgan fingerprint density at radius 3 is 1.24 bits per heavy atom. The maximum atomic E-state index is 13.2. The lowest BCUT2D eigenvalue weighted by atomic mass is 9.82. The van der Waals surface area contributed by atoms with Crippen LogP contribution in [0.1, 0.15) is 130 Å². The molecule has 0 saturated heterocycles. The third kappa shape index (κ3) is 25.9. The van der Waals surface area contributed by atoms with Crippen LogP contribution in [0.15, 0.2) is 106 Å². The summed E-state index contributed by atoms with van der Waals surface area (Å²) in [5.41, 5.74) is 0.485. The number of esters is 10. The Labute approximate surface area is 544 Å². The molecule has 1 heterocycles. The van der Waals surface area contributed by atoms with Gasteiger partial charge in [-0.05, 0) is 105 Å². The molecule has 0 spiro atoms. The maximum Gasteiger partial charge on any atom is 0.330 e. The van der Waals surface area contributed by atoms with Crippen LogP contribution in [-0.2, 0) is 89.2 Å². The Morgan fingerprint density at radius 1 is 0.533 bits per heavy atom. The second-order valence-corrected chi connectivity index (χ2v) is 25.9. The third-order valence-corrected chi connectivity index (χ3v) is 17.1. The van der Waals surface area contributed by atoms with Gasteiger partial charge in [-0.3, -0.25) is 38.4 Å². The van der Waals surface area contributed by atoms with E-state index >= 15 is 0 Å². The average Bonchev–Trinajstić information content (AvgIpc) is 1.63. The van der Waals surface area contributed by atoms with E-state index in [0.29, 0.717) is 70.0 Å². The lowest BCUT2D eigenvalue weighted by Crippen LogP contribution is -2.30. The quantitative estimate of drug-likeness (QED) is 0.0156. The second kappa shape index (κ2) is 36.9. The van der Waals surface area contributed by atoms with Gasteiger partial charge in [-0.1, -0.05) is 95.6 Å². The Bertz CT molecular complexity index is 3250. The summed E-state index contributed by atoms with van der Waals surface area (Å²) in [4.78, 5) is 125. The number of benzene rings is 3. The van der Waals surface area contributed by atoms with Gasteiger partial charge in [-0.15, -0.1) is 0 Å². The van der Waals surface area contributed by atoms with Crippen molar-refractivity contribution in [2.75, 3.05) is 39.6 Å². The summed E-state index contributed by atoms with van der Waals surface area (Å²) in [7, 11) is 0. The monoisotopic (exact) mass is 1310 g/mol. The van der Waals surface area contributed by atoms with Crippen LogP contribution in [-0.4, -0.2) is 99.3 Å². The minimum Gasteiger partial charge on any atom is -0.465 e. The topological polar surface area (TPSA) is 291 Å². The molecule has 0 bridgehead atoms. The molecule has 3 aromatic rings. The molecule has 0 unspecified atom stereocenters. The fourth-order valence-electron chi connectivity index (χ4n) is 9.10. The summed E-state index contributed by atoms with van der Waals surface area (Å²) < 4.78 is 53.4. The molecule has 0 amide bonds. The van der Waals surface area contributed by atoms with Crippen molar-refractivity contribution in [1.29, 1.82) is 5.26 Å². The van der Waals surface area contributed by atoms with Crippen LogP contribution in [0, 0.1) is 52.4 Å². The lowest BCUT2D eigenvalue weighted by Gasteiger charge is -2.26. The fraction of sp³-hybridized carbons (Fsp3) is 0.471. The highest BCUT2D eigenvalue weighted by Crippen LogP contribution is 2.59. The maximum absolute atomic E-state index is 13.2. The zero-order valence-electron chi connectivity index (χ0n) is 52.7. The minimum absolute atomic E-state index is 0.00675. The molecule has 22 nitrogen and oxygen atoms in total. The number of fused-ring (bicyclic) bond motifs is 1. The molecule has 24 heteroatoms. The highest BCUT2D eigenvalue weighted by molar-refractivity contribution is 8.24. The highest BCUT2D eigenvalue weighted by Gasteiger charge is 2.35. The first-order valence-electron chi connectivity index (χ1n) is 30.1. The van der Waals surface area contributed by atoms with Gasteiger partial charge < -0.3 is 47.4 Å². The Hall–Kier alpha value is -8.74. The Morgan fingerprint density at radius 2 is 0.880 bits per heavy atom. The summed E-state index contributed by atoms with van der Waals surface area (Å²) in [6.07, 6.45) is 8.07. The molecule has 0 atom stereocenters. The normalized spacial score (nSPS) is 17.1. The molecule has 492 valence electrons. The zero-order valence-corrected chi connectivity index (χ0v) is 54.3. The van der Waals surface area contributed by atoms with Gasteiger partial charge in [-0.25, -0.2) is 19.7 Å². The van der Waals surface area contributed by atoms with Crippen molar-refractivity contribution in [3.8, 4) is 29.1 Å². The number of hydrogen-bond acceptors (Lipinski definition) is 23. The van der Waals surface area contributed by atoms with E-state index in [0.717, 1.165) is 72.5 Å². The lowest BCUT2D eigenvalue weighted by molar-refractivity contribution is -0.154. The van der Waals surface area contributed by atoms with Gasteiger partial charge in [0, 0.05) is 42.7 Å². The van der Waals surface area contributed by atoms with Crippen molar-refractivity contribution in [3.63, 3.8) is 0 Å². The zero-order chi connectivity index (χ0) is 67.4. The van der Waals surface area contributed by atoms with Crippen molar-refractivity contribution in [2.45, 2.75) is 141 Å². The van der Waals surface area contributed by atoms with Crippen LogP contribution in [0.5, 0.6) is 23.0 Å². The molecular formula is C68H78N2O20S2. The molecule has 0 aromatic heterocycles. The van der Waals surface area contributed by atoms with Crippen LogP contribution in [0.4, 0.5) is 0 Å². The van der Waals surface area contributed by atoms with E-state index in [2.05, 4.69) is 24.9 Å². The number of nitrogens with zero attached hydrogens (tertiary/aromatic N) is 2. The number of carbonyl (C=O) groups is 10. The summed E-state index contributed by atoms with van der Waals surface area (Å²) in [5, 5.41) is 9.35. The molecule has 2 saturated carbocycles. The van der Waals surface area contributed by atoms with Gasteiger partial charge in [0.15, 0.2) is 0 Å². The SMILES string of the molecule is C=CC(=O)OCC(C)(C)COC(=O)CCC(=O)OCCc1ccc(OC(=O)C2CCC(C)CC2)cc1.[C-]#[N+]/C(C#N)=C1/Sc2c(OC(C)=O)ccc(OC(=O)C3CCC(C(=O)Oc4ccc(CCOC(=O)CCC(=O)OCC(C)(C)COC(=O)C=C)cc4)CC3)c2S1. The van der Waals surface area contributed by atoms with Crippen LogP contribution >= 0.6 is 23.5 Å². The van der Waals surface area contributed by atoms with Gasteiger partial charge in [0.1, 0.15) is 23.0 Å². The van der Waals surface area contributed by atoms with E-state index in [1.165, 1.54) is 19.1 Å².